The summed E-state index contributed by atoms with van der Waals surface area (Å²) < 4.78 is 0. The van der Waals surface area contributed by atoms with Gasteiger partial charge < -0.3 is 5.32 Å². The number of allylic oxidation sites excluding steroid dienone is 2. The molecular formula is C12H23N3. The van der Waals surface area contributed by atoms with E-state index < -0.39 is 0 Å². The Bertz CT molecular complexity index is 233. The molecule has 0 aromatic rings. The van der Waals surface area contributed by atoms with Gasteiger partial charge in [-0.3, -0.25) is 0 Å². The van der Waals surface area contributed by atoms with E-state index >= 15 is 0 Å². The lowest BCUT2D eigenvalue weighted by Gasteiger charge is -2.21. The van der Waals surface area contributed by atoms with Crippen LogP contribution in [0.4, 0.5) is 0 Å². The minimum atomic E-state index is 0.739. The predicted octanol–water partition coefficient (Wildman–Crippen LogP) is 3.83. The van der Waals surface area contributed by atoms with Crippen LogP contribution in [-0.2, 0) is 0 Å². The van der Waals surface area contributed by atoms with E-state index in [2.05, 4.69) is 17.4 Å². The van der Waals surface area contributed by atoms with E-state index in [-0.39, 0.29) is 0 Å². The SMILES string of the molecule is CCCC1CCCC/C(NC)=C(/N=N)C1. The van der Waals surface area contributed by atoms with Crippen molar-refractivity contribution < 1.29 is 0 Å². The van der Waals surface area contributed by atoms with Gasteiger partial charge in [0.05, 0.1) is 5.70 Å². The van der Waals surface area contributed by atoms with Crippen molar-refractivity contribution in [1.82, 2.24) is 5.32 Å². The van der Waals surface area contributed by atoms with Crippen LogP contribution in [-0.4, -0.2) is 7.05 Å². The van der Waals surface area contributed by atoms with Gasteiger partial charge >= 0.3 is 0 Å². The molecule has 2 N–H and O–H groups in total. The van der Waals surface area contributed by atoms with Gasteiger partial charge in [-0.15, -0.1) is 0 Å². The Morgan fingerprint density at radius 3 is 2.87 bits per heavy atom. The van der Waals surface area contributed by atoms with E-state index in [1.807, 2.05) is 7.05 Å². The Kier molecular flexibility index (Phi) is 5.37. The average molecular weight is 209 g/mol. The van der Waals surface area contributed by atoms with Crippen LogP contribution in [0.2, 0.25) is 0 Å². The highest BCUT2D eigenvalue weighted by Crippen LogP contribution is 2.29. The smallest absolute Gasteiger partial charge is 0.0814 e. The summed E-state index contributed by atoms with van der Waals surface area (Å²) in [6.07, 6.45) is 8.43. The van der Waals surface area contributed by atoms with Crippen LogP contribution in [0.15, 0.2) is 16.5 Å². The van der Waals surface area contributed by atoms with Crippen molar-refractivity contribution in [3.05, 3.63) is 11.4 Å². The molecule has 0 saturated carbocycles. The molecule has 0 aromatic carbocycles. The first-order chi connectivity index (χ1) is 7.31. The molecule has 0 aromatic heterocycles. The van der Waals surface area contributed by atoms with Gasteiger partial charge in [0.1, 0.15) is 0 Å². The van der Waals surface area contributed by atoms with Crippen molar-refractivity contribution >= 4 is 0 Å². The normalized spacial score (nSPS) is 28.0. The number of hydrogen-bond donors (Lipinski definition) is 2. The summed E-state index contributed by atoms with van der Waals surface area (Å²) in [5.74, 6) is 0.739. The third kappa shape index (κ3) is 3.65. The zero-order valence-corrected chi connectivity index (χ0v) is 9.97. The maximum atomic E-state index is 7.25. The maximum Gasteiger partial charge on any atom is 0.0814 e. The van der Waals surface area contributed by atoms with Crippen molar-refractivity contribution in [3.63, 3.8) is 0 Å². The van der Waals surface area contributed by atoms with Crippen LogP contribution < -0.4 is 5.32 Å². The van der Waals surface area contributed by atoms with E-state index in [4.69, 9.17) is 5.53 Å². The molecule has 1 rings (SSSR count). The zero-order chi connectivity index (χ0) is 11.1. The van der Waals surface area contributed by atoms with Gasteiger partial charge in [0.15, 0.2) is 0 Å². The molecule has 1 unspecified atom stereocenters. The van der Waals surface area contributed by atoms with Gasteiger partial charge in [-0.25, -0.2) is 5.53 Å². The van der Waals surface area contributed by atoms with Gasteiger partial charge in [-0.1, -0.05) is 32.6 Å². The van der Waals surface area contributed by atoms with E-state index in [1.165, 1.54) is 37.8 Å². The number of hydrogen-bond acceptors (Lipinski definition) is 3. The summed E-state index contributed by atoms with van der Waals surface area (Å²) in [6, 6.07) is 0. The second-order valence-corrected chi connectivity index (χ2v) is 4.39. The summed E-state index contributed by atoms with van der Waals surface area (Å²) in [7, 11) is 1.94. The maximum absolute atomic E-state index is 7.25. The summed E-state index contributed by atoms with van der Waals surface area (Å²) in [4.78, 5) is 0. The minimum absolute atomic E-state index is 0.739. The van der Waals surface area contributed by atoms with Crippen LogP contribution >= 0.6 is 0 Å². The third-order valence-electron chi connectivity index (χ3n) is 3.25. The molecule has 15 heavy (non-hydrogen) atoms. The van der Waals surface area contributed by atoms with E-state index in [1.54, 1.807) is 0 Å². The molecule has 1 aliphatic carbocycles. The molecule has 0 saturated heterocycles. The molecule has 0 fully saturated rings. The Labute approximate surface area is 92.8 Å². The van der Waals surface area contributed by atoms with Gasteiger partial charge in [-0.05, 0) is 25.2 Å². The van der Waals surface area contributed by atoms with E-state index in [0.29, 0.717) is 0 Å². The van der Waals surface area contributed by atoms with Crippen LogP contribution in [0.1, 0.15) is 51.9 Å². The highest BCUT2D eigenvalue weighted by atomic mass is 15.0. The Morgan fingerprint density at radius 1 is 1.47 bits per heavy atom. The van der Waals surface area contributed by atoms with Crippen molar-refractivity contribution in [1.29, 1.82) is 5.53 Å². The lowest BCUT2D eigenvalue weighted by atomic mass is 9.89. The molecule has 0 spiro atoms. The molecule has 0 amide bonds. The fraction of sp³-hybridized carbons (Fsp3) is 0.833. The Balaban J connectivity index is 2.73. The largest absolute Gasteiger partial charge is 0.390 e. The summed E-state index contributed by atoms with van der Waals surface area (Å²) in [5, 5.41) is 6.90. The molecule has 3 heteroatoms. The average Bonchev–Trinajstić information content (AvgIpc) is 2.22. The number of nitrogens with one attached hydrogen (secondary N) is 2. The highest BCUT2D eigenvalue weighted by molar-refractivity contribution is 5.11. The summed E-state index contributed by atoms with van der Waals surface area (Å²) >= 11 is 0. The van der Waals surface area contributed by atoms with Crippen molar-refractivity contribution in [2.75, 3.05) is 7.05 Å². The van der Waals surface area contributed by atoms with Crippen LogP contribution in [0, 0.1) is 11.4 Å². The molecule has 3 nitrogen and oxygen atoms in total. The Morgan fingerprint density at radius 2 is 2.27 bits per heavy atom. The number of rotatable bonds is 4. The quantitative estimate of drug-likeness (QED) is 0.679. The zero-order valence-electron chi connectivity index (χ0n) is 9.97. The van der Waals surface area contributed by atoms with Gasteiger partial charge in [0.2, 0.25) is 0 Å². The van der Waals surface area contributed by atoms with Crippen LogP contribution in [0.25, 0.3) is 0 Å². The first-order valence-corrected chi connectivity index (χ1v) is 6.09. The summed E-state index contributed by atoms with van der Waals surface area (Å²) in [5.41, 5.74) is 9.42. The first kappa shape index (κ1) is 12.2. The predicted molar refractivity (Wildman–Crippen MR) is 62.7 cm³/mol. The second-order valence-electron chi connectivity index (χ2n) is 4.39. The lowest BCUT2D eigenvalue weighted by molar-refractivity contribution is 0.405. The molecule has 1 atom stereocenters. The Hall–Kier alpha value is -0.860. The highest BCUT2D eigenvalue weighted by Gasteiger charge is 2.16. The second kappa shape index (κ2) is 6.59. The number of nitrogens with zero attached hydrogens (tertiary/aromatic N) is 1. The first-order valence-electron chi connectivity index (χ1n) is 6.09. The van der Waals surface area contributed by atoms with Gasteiger partial charge in [-0.2, -0.15) is 5.11 Å². The van der Waals surface area contributed by atoms with Gasteiger partial charge in [0, 0.05) is 12.7 Å². The summed E-state index contributed by atoms with van der Waals surface area (Å²) in [6.45, 7) is 2.24. The van der Waals surface area contributed by atoms with Crippen molar-refractivity contribution in [3.8, 4) is 0 Å². The van der Waals surface area contributed by atoms with Gasteiger partial charge in [0.25, 0.3) is 0 Å². The standard InChI is InChI=1S/C12H23N3/c1-3-6-10-7-4-5-8-11(14-2)12(9-10)15-13/h10,13-14H,3-9H2,1-2H3/b12-11-,15-13?. The van der Waals surface area contributed by atoms with E-state index in [0.717, 1.165) is 24.5 Å². The molecular weight excluding hydrogens is 186 g/mol. The van der Waals surface area contributed by atoms with E-state index in [9.17, 15) is 0 Å². The fourth-order valence-corrected chi connectivity index (χ4v) is 2.41. The topological polar surface area (TPSA) is 48.2 Å². The van der Waals surface area contributed by atoms with Crippen molar-refractivity contribution in [2.24, 2.45) is 11.0 Å². The molecule has 0 radical (unpaired) electrons. The minimum Gasteiger partial charge on any atom is -0.390 e. The molecule has 86 valence electrons. The van der Waals surface area contributed by atoms with Crippen molar-refractivity contribution in [2.45, 2.75) is 51.9 Å². The molecule has 0 aliphatic heterocycles. The van der Waals surface area contributed by atoms with Crippen LogP contribution in [0.5, 0.6) is 0 Å². The monoisotopic (exact) mass is 209 g/mol. The molecule has 0 heterocycles. The fourth-order valence-electron chi connectivity index (χ4n) is 2.41. The molecule has 0 bridgehead atoms. The van der Waals surface area contributed by atoms with Crippen LogP contribution in [0.3, 0.4) is 0 Å². The molecule has 1 aliphatic rings. The lowest BCUT2D eigenvalue weighted by Crippen LogP contribution is -2.13. The third-order valence-corrected chi connectivity index (χ3v) is 3.25.